The SMILES string of the molecule is COCCc1ccc(Oc2cccc(Br)c2C(N)=S)cc1. The maximum absolute atomic E-state index is 5.88. The average Bonchev–Trinajstić information content (AvgIpc) is 2.46. The molecule has 0 radical (unpaired) electrons. The first-order chi connectivity index (χ1) is 10.1. The molecule has 3 nitrogen and oxygen atoms in total. The molecule has 0 aliphatic rings. The number of rotatable bonds is 6. The molecule has 2 aromatic rings. The summed E-state index contributed by atoms with van der Waals surface area (Å²) in [6.07, 6.45) is 0.881. The molecule has 5 heteroatoms. The summed E-state index contributed by atoms with van der Waals surface area (Å²) >= 11 is 8.52. The van der Waals surface area contributed by atoms with Gasteiger partial charge in [-0.1, -0.05) is 30.4 Å². The largest absolute Gasteiger partial charge is 0.457 e. The lowest BCUT2D eigenvalue weighted by Crippen LogP contribution is -2.11. The highest BCUT2D eigenvalue weighted by Gasteiger charge is 2.11. The van der Waals surface area contributed by atoms with E-state index in [1.54, 1.807) is 7.11 Å². The molecule has 0 aromatic heterocycles. The van der Waals surface area contributed by atoms with E-state index in [1.165, 1.54) is 5.56 Å². The number of benzene rings is 2. The van der Waals surface area contributed by atoms with Crippen LogP contribution in [0.25, 0.3) is 0 Å². The topological polar surface area (TPSA) is 44.5 Å². The third kappa shape index (κ3) is 4.27. The molecule has 0 saturated carbocycles. The van der Waals surface area contributed by atoms with Gasteiger partial charge in [-0.15, -0.1) is 0 Å². The fraction of sp³-hybridized carbons (Fsp3) is 0.188. The number of thiocarbonyl (C=S) groups is 1. The second-order valence-corrected chi connectivity index (χ2v) is 5.76. The van der Waals surface area contributed by atoms with Gasteiger partial charge in [0.05, 0.1) is 12.2 Å². The molecule has 0 amide bonds. The first-order valence-electron chi connectivity index (χ1n) is 6.46. The van der Waals surface area contributed by atoms with Crippen LogP contribution >= 0.6 is 28.1 Å². The van der Waals surface area contributed by atoms with Crippen LogP contribution in [0.5, 0.6) is 11.5 Å². The van der Waals surface area contributed by atoms with Crippen molar-refractivity contribution in [2.75, 3.05) is 13.7 Å². The van der Waals surface area contributed by atoms with Crippen LogP contribution in [0.3, 0.4) is 0 Å². The van der Waals surface area contributed by atoms with Crippen LogP contribution in [0, 0.1) is 0 Å². The maximum Gasteiger partial charge on any atom is 0.138 e. The number of halogens is 1. The molecule has 0 unspecified atom stereocenters. The molecular formula is C16H16BrNO2S. The van der Waals surface area contributed by atoms with Gasteiger partial charge in [-0.2, -0.15) is 0 Å². The molecule has 2 rings (SSSR count). The van der Waals surface area contributed by atoms with E-state index in [2.05, 4.69) is 15.9 Å². The highest BCUT2D eigenvalue weighted by molar-refractivity contribution is 9.10. The monoisotopic (exact) mass is 365 g/mol. The van der Waals surface area contributed by atoms with E-state index in [9.17, 15) is 0 Å². The minimum atomic E-state index is 0.300. The summed E-state index contributed by atoms with van der Waals surface area (Å²) in [4.78, 5) is 0.300. The first kappa shape index (κ1) is 15.9. The third-order valence-corrected chi connectivity index (χ3v) is 3.83. The van der Waals surface area contributed by atoms with E-state index in [0.29, 0.717) is 22.9 Å². The Morgan fingerprint density at radius 1 is 1.19 bits per heavy atom. The smallest absolute Gasteiger partial charge is 0.138 e. The summed E-state index contributed by atoms with van der Waals surface area (Å²) in [6, 6.07) is 13.5. The summed E-state index contributed by atoms with van der Waals surface area (Å²) in [5.41, 5.74) is 7.66. The first-order valence-corrected chi connectivity index (χ1v) is 7.66. The molecule has 2 N–H and O–H groups in total. The van der Waals surface area contributed by atoms with Crippen LogP contribution in [-0.2, 0) is 11.2 Å². The average molecular weight is 366 g/mol. The van der Waals surface area contributed by atoms with E-state index >= 15 is 0 Å². The van der Waals surface area contributed by atoms with E-state index < -0.39 is 0 Å². The Labute approximate surface area is 138 Å². The standard InChI is InChI=1S/C16H16BrNO2S/c1-19-10-9-11-5-7-12(8-6-11)20-14-4-2-3-13(17)15(14)16(18)21/h2-8H,9-10H2,1H3,(H2,18,21). The van der Waals surface area contributed by atoms with Crippen LogP contribution in [0.1, 0.15) is 11.1 Å². The van der Waals surface area contributed by atoms with Crippen molar-refractivity contribution in [1.29, 1.82) is 0 Å². The Kier molecular flexibility index (Phi) is 5.73. The number of ether oxygens (including phenoxy) is 2. The summed E-state index contributed by atoms with van der Waals surface area (Å²) in [6.45, 7) is 0.706. The van der Waals surface area contributed by atoms with Crippen molar-refractivity contribution < 1.29 is 9.47 Å². The molecule has 110 valence electrons. The van der Waals surface area contributed by atoms with Crippen molar-refractivity contribution >= 4 is 33.1 Å². The molecular weight excluding hydrogens is 350 g/mol. The van der Waals surface area contributed by atoms with Crippen molar-refractivity contribution in [1.82, 2.24) is 0 Å². The van der Waals surface area contributed by atoms with Crippen LogP contribution in [0.4, 0.5) is 0 Å². The van der Waals surface area contributed by atoms with Gasteiger partial charge < -0.3 is 15.2 Å². The zero-order valence-corrected chi connectivity index (χ0v) is 14.0. The zero-order valence-electron chi connectivity index (χ0n) is 11.6. The van der Waals surface area contributed by atoms with E-state index in [-0.39, 0.29) is 0 Å². The van der Waals surface area contributed by atoms with Gasteiger partial charge in [0.15, 0.2) is 0 Å². The predicted molar refractivity (Wildman–Crippen MR) is 92.1 cm³/mol. The van der Waals surface area contributed by atoms with Gasteiger partial charge in [-0.25, -0.2) is 0 Å². The Morgan fingerprint density at radius 3 is 2.52 bits per heavy atom. The molecule has 0 saturated heterocycles. The summed E-state index contributed by atoms with van der Waals surface area (Å²) in [5.74, 6) is 1.38. The summed E-state index contributed by atoms with van der Waals surface area (Å²) < 4.78 is 11.8. The molecule has 0 heterocycles. The number of nitrogens with two attached hydrogens (primary N) is 1. The van der Waals surface area contributed by atoms with Gasteiger partial charge >= 0.3 is 0 Å². The number of methoxy groups -OCH3 is 1. The molecule has 0 fully saturated rings. The summed E-state index contributed by atoms with van der Waals surface area (Å²) in [5, 5.41) is 0. The van der Waals surface area contributed by atoms with Crippen LogP contribution in [0.2, 0.25) is 0 Å². The highest BCUT2D eigenvalue weighted by atomic mass is 79.9. The van der Waals surface area contributed by atoms with E-state index in [4.69, 9.17) is 27.4 Å². The predicted octanol–water partition coefficient (Wildman–Crippen LogP) is 4.06. The summed E-state index contributed by atoms with van der Waals surface area (Å²) in [7, 11) is 1.70. The lowest BCUT2D eigenvalue weighted by atomic mass is 10.1. The second-order valence-electron chi connectivity index (χ2n) is 4.47. The van der Waals surface area contributed by atoms with Gasteiger partial charge in [-0.3, -0.25) is 0 Å². The van der Waals surface area contributed by atoms with Crippen LogP contribution in [0.15, 0.2) is 46.9 Å². The minimum Gasteiger partial charge on any atom is -0.457 e. The number of hydrogen-bond acceptors (Lipinski definition) is 3. The molecule has 0 spiro atoms. The van der Waals surface area contributed by atoms with Crippen molar-refractivity contribution in [2.45, 2.75) is 6.42 Å². The Balaban J connectivity index is 2.19. The minimum absolute atomic E-state index is 0.300. The molecule has 0 aliphatic heterocycles. The number of hydrogen-bond donors (Lipinski definition) is 1. The van der Waals surface area contributed by atoms with Gasteiger partial charge in [0.1, 0.15) is 16.5 Å². The zero-order chi connectivity index (χ0) is 15.2. The van der Waals surface area contributed by atoms with Gasteiger partial charge in [0, 0.05) is 11.6 Å². The lowest BCUT2D eigenvalue weighted by molar-refractivity contribution is 0.202. The Morgan fingerprint density at radius 2 is 1.90 bits per heavy atom. The highest BCUT2D eigenvalue weighted by Crippen LogP contribution is 2.30. The normalized spacial score (nSPS) is 10.4. The van der Waals surface area contributed by atoms with E-state index in [0.717, 1.165) is 16.6 Å². The van der Waals surface area contributed by atoms with Crippen molar-refractivity contribution in [2.24, 2.45) is 5.73 Å². The molecule has 0 atom stereocenters. The Hall–Kier alpha value is -1.43. The lowest BCUT2D eigenvalue weighted by Gasteiger charge is -2.12. The van der Waals surface area contributed by atoms with Crippen molar-refractivity contribution in [3.8, 4) is 11.5 Å². The molecule has 0 bridgehead atoms. The van der Waals surface area contributed by atoms with Crippen molar-refractivity contribution in [3.05, 3.63) is 58.1 Å². The second kappa shape index (κ2) is 7.54. The maximum atomic E-state index is 5.88. The molecule has 21 heavy (non-hydrogen) atoms. The van der Waals surface area contributed by atoms with E-state index in [1.807, 2.05) is 42.5 Å². The van der Waals surface area contributed by atoms with Crippen molar-refractivity contribution in [3.63, 3.8) is 0 Å². The third-order valence-electron chi connectivity index (χ3n) is 2.97. The van der Waals surface area contributed by atoms with Gasteiger partial charge in [-0.05, 0) is 52.2 Å². The fourth-order valence-corrected chi connectivity index (χ4v) is 2.80. The molecule has 0 aliphatic carbocycles. The van der Waals surface area contributed by atoms with Crippen LogP contribution in [-0.4, -0.2) is 18.7 Å². The molecule has 2 aromatic carbocycles. The van der Waals surface area contributed by atoms with Crippen LogP contribution < -0.4 is 10.5 Å². The fourth-order valence-electron chi connectivity index (χ4n) is 1.90. The van der Waals surface area contributed by atoms with Gasteiger partial charge in [0.25, 0.3) is 0 Å². The Bertz CT molecular complexity index is 629. The van der Waals surface area contributed by atoms with Gasteiger partial charge in [0.2, 0.25) is 0 Å². The quantitative estimate of drug-likeness (QED) is 0.783.